The Hall–Kier alpha value is -1.45. The highest BCUT2D eigenvalue weighted by Gasteiger charge is 2.26. The van der Waals surface area contributed by atoms with Gasteiger partial charge in [-0.3, -0.25) is 9.20 Å². The average Bonchev–Trinajstić information content (AvgIpc) is 2.82. The van der Waals surface area contributed by atoms with Crippen molar-refractivity contribution in [3.05, 3.63) is 71.3 Å². The van der Waals surface area contributed by atoms with E-state index < -0.39 is 10.8 Å². The zero-order chi connectivity index (χ0) is 21.9. The number of halogens is 1. The van der Waals surface area contributed by atoms with Gasteiger partial charge in [-0.05, 0) is 36.0 Å². The van der Waals surface area contributed by atoms with Crippen LogP contribution in [0.25, 0.3) is 0 Å². The second-order valence-electron chi connectivity index (χ2n) is 8.02. The van der Waals surface area contributed by atoms with Gasteiger partial charge in [0.1, 0.15) is 0 Å². The zero-order valence-corrected chi connectivity index (χ0v) is 22.2. The van der Waals surface area contributed by atoms with Crippen LogP contribution in [0.1, 0.15) is 49.3 Å². The van der Waals surface area contributed by atoms with Gasteiger partial charge in [-0.15, -0.1) is 24.0 Å². The second-order valence-corrected chi connectivity index (χ2v) is 10.0. The lowest BCUT2D eigenvalue weighted by molar-refractivity contribution is 0.107. The molecule has 3 rings (SSSR count). The van der Waals surface area contributed by atoms with Crippen LogP contribution in [0, 0.1) is 0 Å². The monoisotopic (exact) mass is 569 g/mol. The van der Waals surface area contributed by atoms with E-state index in [1.54, 1.807) is 7.05 Å². The van der Waals surface area contributed by atoms with E-state index in [1.165, 1.54) is 11.1 Å². The first-order chi connectivity index (χ1) is 15.2. The van der Waals surface area contributed by atoms with E-state index in [1.807, 2.05) is 25.1 Å². The Morgan fingerprint density at radius 2 is 1.78 bits per heavy atom. The minimum Gasteiger partial charge on any atom is -0.372 e. The summed E-state index contributed by atoms with van der Waals surface area (Å²) in [5.41, 5.74) is 3.54. The molecule has 3 atom stereocenters. The fourth-order valence-electron chi connectivity index (χ4n) is 4.01. The molecule has 32 heavy (non-hydrogen) atoms. The molecule has 2 aromatic carbocycles. The van der Waals surface area contributed by atoms with Crippen LogP contribution in [0.3, 0.4) is 0 Å². The molecule has 0 aromatic heterocycles. The van der Waals surface area contributed by atoms with Crippen molar-refractivity contribution in [3.8, 4) is 0 Å². The molecule has 0 aliphatic heterocycles. The fraction of sp³-hybridized carbons (Fsp3) is 0.480. The lowest BCUT2D eigenvalue weighted by Gasteiger charge is -2.30. The highest BCUT2D eigenvalue weighted by Crippen LogP contribution is 2.23. The summed E-state index contributed by atoms with van der Waals surface area (Å²) >= 11 is 0. The molecule has 176 valence electrons. The van der Waals surface area contributed by atoms with E-state index in [0.717, 1.165) is 43.0 Å². The smallest absolute Gasteiger partial charge is 0.191 e. The third-order valence-corrected chi connectivity index (χ3v) is 7.42. The topological polar surface area (TPSA) is 62.7 Å². The van der Waals surface area contributed by atoms with Crippen LogP contribution in [0.15, 0.2) is 59.6 Å². The van der Waals surface area contributed by atoms with E-state index in [0.29, 0.717) is 31.1 Å². The summed E-state index contributed by atoms with van der Waals surface area (Å²) in [6.07, 6.45) is 4.25. The summed E-state index contributed by atoms with van der Waals surface area (Å²) in [6, 6.07) is 19.0. The van der Waals surface area contributed by atoms with Crippen LogP contribution < -0.4 is 10.6 Å². The predicted octanol–water partition coefficient (Wildman–Crippen LogP) is 4.77. The van der Waals surface area contributed by atoms with Crippen molar-refractivity contribution in [2.75, 3.05) is 12.8 Å². The summed E-state index contributed by atoms with van der Waals surface area (Å²) in [5, 5.41) is 7.26. The van der Waals surface area contributed by atoms with Crippen molar-refractivity contribution in [2.24, 2.45) is 4.99 Å². The highest BCUT2D eigenvalue weighted by atomic mass is 127. The molecular formula is C25H36IN3O2S. The Labute approximate surface area is 212 Å². The molecule has 0 amide bonds. The van der Waals surface area contributed by atoms with Crippen molar-refractivity contribution in [2.45, 2.75) is 63.7 Å². The van der Waals surface area contributed by atoms with Crippen molar-refractivity contribution in [3.63, 3.8) is 0 Å². The van der Waals surface area contributed by atoms with Gasteiger partial charge in [0.15, 0.2) is 5.96 Å². The number of hydrogen-bond donors (Lipinski definition) is 2. The van der Waals surface area contributed by atoms with Gasteiger partial charge >= 0.3 is 0 Å². The van der Waals surface area contributed by atoms with Gasteiger partial charge in [-0.25, -0.2) is 0 Å². The maximum Gasteiger partial charge on any atom is 0.191 e. The predicted molar refractivity (Wildman–Crippen MR) is 145 cm³/mol. The van der Waals surface area contributed by atoms with Crippen LogP contribution >= 0.6 is 24.0 Å². The van der Waals surface area contributed by atoms with Gasteiger partial charge in [0, 0.05) is 41.4 Å². The molecule has 2 aromatic rings. The van der Waals surface area contributed by atoms with Crippen LogP contribution in [0.5, 0.6) is 0 Å². The quantitative estimate of drug-likeness (QED) is 0.260. The third kappa shape index (κ3) is 8.83. The summed E-state index contributed by atoms with van der Waals surface area (Å²) in [5.74, 6) is 1.55. The Bertz CT molecular complexity index is 863. The number of aliphatic imine (C=N–C) groups is 1. The lowest BCUT2D eigenvalue weighted by Crippen LogP contribution is -2.46. The number of nitrogens with one attached hydrogen (secondary N) is 2. The molecule has 1 aliphatic rings. The maximum absolute atomic E-state index is 12.2. The number of hydrogen-bond acceptors (Lipinski definition) is 3. The largest absolute Gasteiger partial charge is 0.372 e. The van der Waals surface area contributed by atoms with Gasteiger partial charge in [0.25, 0.3) is 0 Å². The SMILES string of the molecule is CCS(=O)C1CCCC(NC(=NC)NCc2cccc(COCc3ccccc3)c2)C1.I. The number of guanidine groups is 1. The van der Waals surface area contributed by atoms with Crippen molar-refractivity contribution in [1.29, 1.82) is 0 Å². The lowest BCUT2D eigenvalue weighted by atomic mass is 9.95. The van der Waals surface area contributed by atoms with E-state index in [4.69, 9.17) is 4.74 Å². The van der Waals surface area contributed by atoms with E-state index in [-0.39, 0.29) is 24.0 Å². The number of ether oxygens (including phenoxy) is 1. The molecule has 0 heterocycles. The number of rotatable bonds is 9. The Morgan fingerprint density at radius 3 is 2.53 bits per heavy atom. The van der Waals surface area contributed by atoms with Crippen LogP contribution in [0.4, 0.5) is 0 Å². The first-order valence-corrected chi connectivity index (χ1v) is 12.6. The molecule has 1 aliphatic carbocycles. The van der Waals surface area contributed by atoms with Gasteiger partial charge in [-0.1, -0.05) is 67.9 Å². The van der Waals surface area contributed by atoms with Crippen LogP contribution in [0.2, 0.25) is 0 Å². The zero-order valence-electron chi connectivity index (χ0n) is 19.1. The Kier molecular flexibility index (Phi) is 12.3. The summed E-state index contributed by atoms with van der Waals surface area (Å²) in [6.45, 7) is 3.91. The molecule has 5 nitrogen and oxygen atoms in total. The Balaban J connectivity index is 0.00000363. The third-order valence-electron chi connectivity index (χ3n) is 5.68. The molecular weight excluding hydrogens is 533 g/mol. The highest BCUT2D eigenvalue weighted by molar-refractivity contribution is 14.0. The molecule has 3 unspecified atom stereocenters. The minimum atomic E-state index is -0.715. The molecule has 2 N–H and O–H groups in total. The molecule has 0 radical (unpaired) electrons. The molecule has 1 saturated carbocycles. The van der Waals surface area contributed by atoms with Crippen LogP contribution in [-0.2, 0) is 35.3 Å². The van der Waals surface area contributed by atoms with Crippen molar-refractivity contribution >= 4 is 40.7 Å². The normalized spacial score (nSPS) is 19.6. The van der Waals surface area contributed by atoms with E-state index in [9.17, 15) is 4.21 Å². The molecule has 7 heteroatoms. The van der Waals surface area contributed by atoms with Crippen molar-refractivity contribution in [1.82, 2.24) is 10.6 Å². The van der Waals surface area contributed by atoms with E-state index in [2.05, 4.69) is 52.0 Å². The van der Waals surface area contributed by atoms with Crippen LogP contribution in [-0.4, -0.2) is 34.3 Å². The molecule has 1 fully saturated rings. The van der Waals surface area contributed by atoms with Gasteiger partial charge < -0.3 is 15.4 Å². The Morgan fingerprint density at radius 1 is 1.06 bits per heavy atom. The minimum absolute atomic E-state index is 0. The molecule has 0 bridgehead atoms. The summed E-state index contributed by atoms with van der Waals surface area (Å²) in [7, 11) is 1.08. The molecule has 0 saturated heterocycles. The van der Waals surface area contributed by atoms with Crippen molar-refractivity contribution < 1.29 is 8.95 Å². The first-order valence-electron chi connectivity index (χ1n) is 11.2. The van der Waals surface area contributed by atoms with E-state index >= 15 is 0 Å². The van der Waals surface area contributed by atoms with Gasteiger partial charge in [0.05, 0.1) is 13.2 Å². The summed E-state index contributed by atoms with van der Waals surface area (Å²) < 4.78 is 18.1. The number of nitrogens with zero attached hydrogens (tertiary/aromatic N) is 1. The fourth-order valence-corrected chi connectivity index (χ4v) is 5.36. The standard InChI is InChI=1S/C25H35N3O2S.HI/c1-3-31(29)24-14-8-13-23(16-24)28-25(26-2)27-17-21-11-7-12-22(15-21)19-30-18-20-9-5-4-6-10-20;/h4-7,9-12,15,23-24H,3,8,13-14,16-19H2,1-2H3,(H2,26,27,28);1H. The maximum atomic E-state index is 12.2. The van der Waals surface area contributed by atoms with Gasteiger partial charge in [0.2, 0.25) is 0 Å². The second kappa shape index (κ2) is 14.6. The summed E-state index contributed by atoms with van der Waals surface area (Å²) in [4.78, 5) is 4.39. The first kappa shape index (κ1) is 26.8. The average molecular weight is 570 g/mol. The van der Waals surface area contributed by atoms with Gasteiger partial charge in [-0.2, -0.15) is 0 Å². The molecule has 0 spiro atoms. The number of benzene rings is 2.